The van der Waals surface area contributed by atoms with Crippen LogP contribution in [0.5, 0.6) is 0 Å². The molecule has 0 unspecified atom stereocenters. The predicted octanol–water partition coefficient (Wildman–Crippen LogP) is 5.10. The maximum absolute atomic E-state index is 12.0. The summed E-state index contributed by atoms with van der Waals surface area (Å²) in [6.07, 6.45) is 5.56. The van der Waals surface area contributed by atoms with E-state index in [0.29, 0.717) is 5.02 Å². The van der Waals surface area contributed by atoms with Crippen LogP contribution in [0.15, 0.2) is 54.6 Å². The second-order valence-corrected chi connectivity index (χ2v) is 7.84. The van der Waals surface area contributed by atoms with Gasteiger partial charge in [0.1, 0.15) is 0 Å². The molecule has 2 N–H and O–H groups in total. The van der Waals surface area contributed by atoms with Gasteiger partial charge in [0.05, 0.1) is 10.7 Å². The van der Waals surface area contributed by atoms with Crippen molar-refractivity contribution in [2.24, 2.45) is 5.92 Å². The number of nitrogens with one attached hydrogen (secondary N) is 2. The minimum atomic E-state index is -0.286. The van der Waals surface area contributed by atoms with Crippen LogP contribution < -0.4 is 15.5 Å². The lowest BCUT2D eigenvalue weighted by Gasteiger charge is -2.32. The SMILES string of the molecule is CC1CCN(c2ccc(NC(=S)NC(=O)/C=C/c3ccccc3)cc2Cl)CC1. The highest BCUT2D eigenvalue weighted by molar-refractivity contribution is 7.80. The number of rotatable bonds is 4. The van der Waals surface area contributed by atoms with Gasteiger partial charge in [0.25, 0.3) is 0 Å². The average molecular weight is 414 g/mol. The molecule has 3 rings (SSSR count). The van der Waals surface area contributed by atoms with E-state index in [1.54, 1.807) is 6.08 Å². The maximum atomic E-state index is 12.0. The van der Waals surface area contributed by atoms with Crippen molar-refractivity contribution in [3.8, 4) is 0 Å². The van der Waals surface area contributed by atoms with Crippen molar-refractivity contribution in [2.75, 3.05) is 23.3 Å². The van der Waals surface area contributed by atoms with Crippen LogP contribution in [-0.2, 0) is 4.79 Å². The number of halogens is 1. The lowest BCUT2D eigenvalue weighted by Crippen LogP contribution is -2.33. The van der Waals surface area contributed by atoms with Crippen molar-refractivity contribution in [3.63, 3.8) is 0 Å². The number of piperidine rings is 1. The Kier molecular flexibility index (Phi) is 7.06. The van der Waals surface area contributed by atoms with Crippen molar-refractivity contribution in [1.29, 1.82) is 0 Å². The fraction of sp³-hybridized carbons (Fsp3) is 0.273. The summed E-state index contributed by atoms with van der Waals surface area (Å²) in [6.45, 7) is 4.34. The number of nitrogens with zero attached hydrogens (tertiary/aromatic N) is 1. The van der Waals surface area contributed by atoms with Crippen molar-refractivity contribution >= 4 is 52.3 Å². The largest absolute Gasteiger partial charge is 0.370 e. The Morgan fingerprint density at radius 3 is 2.57 bits per heavy atom. The van der Waals surface area contributed by atoms with Gasteiger partial charge in [-0.1, -0.05) is 48.9 Å². The Balaban J connectivity index is 1.54. The van der Waals surface area contributed by atoms with E-state index in [1.807, 2.05) is 48.5 Å². The fourth-order valence-electron chi connectivity index (χ4n) is 3.14. The minimum Gasteiger partial charge on any atom is -0.370 e. The quantitative estimate of drug-likeness (QED) is 0.540. The molecule has 0 bridgehead atoms. The van der Waals surface area contributed by atoms with Gasteiger partial charge >= 0.3 is 0 Å². The first-order chi connectivity index (χ1) is 13.5. The topological polar surface area (TPSA) is 44.4 Å². The number of hydrogen-bond donors (Lipinski definition) is 2. The Morgan fingerprint density at radius 2 is 1.89 bits per heavy atom. The van der Waals surface area contributed by atoms with Crippen LogP contribution in [0.2, 0.25) is 5.02 Å². The first-order valence-corrected chi connectivity index (χ1v) is 10.2. The third kappa shape index (κ3) is 5.81. The molecule has 1 saturated heterocycles. The van der Waals surface area contributed by atoms with Crippen molar-refractivity contribution < 1.29 is 4.79 Å². The number of benzene rings is 2. The monoisotopic (exact) mass is 413 g/mol. The van der Waals surface area contributed by atoms with Crippen LogP contribution in [-0.4, -0.2) is 24.1 Å². The summed E-state index contributed by atoms with van der Waals surface area (Å²) in [5.74, 6) is 0.486. The minimum absolute atomic E-state index is 0.235. The summed E-state index contributed by atoms with van der Waals surface area (Å²) in [7, 11) is 0. The van der Waals surface area contributed by atoms with E-state index in [4.69, 9.17) is 23.8 Å². The molecule has 2 aromatic carbocycles. The summed E-state index contributed by atoms with van der Waals surface area (Å²) >= 11 is 11.7. The van der Waals surface area contributed by atoms with E-state index in [-0.39, 0.29) is 11.0 Å². The first kappa shape index (κ1) is 20.4. The van der Waals surface area contributed by atoms with Gasteiger partial charge in [-0.05, 0) is 60.8 Å². The standard InChI is InChI=1S/C22H24ClN3OS/c1-16-11-13-26(14-12-16)20-9-8-18(15-19(20)23)24-22(28)25-21(27)10-7-17-5-3-2-4-6-17/h2-10,15-16H,11-14H2,1H3,(H2,24,25,27,28)/b10-7+. The molecule has 1 aliphatic heterocycles. The lowest BCUT2D eigenvalue weighted by atomic mass is 9.99. The first-order valence-electron chi connectivity index (χ1n) is 9.41. The van der Waals surface area contributed by atoms with Gasteiger partial charge in [-0.2, -0.15) is 0 Å². The number of carbonyl (C=O) groups excluding carboxylic acids is 1. The molecule has 4 nitrogen and oxygen atoms in total. The number of hydrogen-bond acceptors (Lipinski definition) is 3. The molecule has 28 heavy (non-hydrogen) atoms. The Bertz CT molecular complexity index is 861. The molecule has 0 atom stereocenters. The molecular formula is C22H24ClN3OS. The van der Waals surface area contributed by atoms with Crippen LogP contribution in [0.4, 0.5) is 11.4 Å². The zero-order valence-electron chi connectivity index (χ0n) is 15.8. The van der Waals surface area contributed by atoms with Gasteiger partial charge in [-0.25, -0.2) is 0 Å². The van der Waals surface area contributed by atoms with Gasteiger partial charge < -0.3 is 10.2 Å². The smallest absolute Gasteiger partial charge is 0.250 e. The average Bonchev–Trinajstić information content (AvgIpc) is 2.68. The van der Waals surface area contributed by atoms with Crippen LogP contribution >= 0.6 is 23.8 Å². The van der Waals surface area contributed by atoms with E-state index in [9.17, 15) is 4.79 Å². The second-order valence-electron chi connectivity index (χ2n) is 7.02. The molecule has 0 saturated carbocycles. The third-order valence-corrected chi connectivity index (χ3v) is 5.30. The van der Waals surface area contributed by atoms with Gasteiger partial charge in [-0.3, -0.25) is 10.1 Å². The van der Waals surface area contributed by atoms with Gasteiger partial charge in [0, 0.05) is 24.9 Å². The second kappa shape index (κ2) is 9.71. The molecular weight excluding hydrogens is 390 g/mol. The molecule has 146 valence electrons. The maximum Gasteiger partial charge on any atom is 0.250 e. The zero-order valence-corrected chi connectivity index (χ0v) is 17.4. The van der Waals surface area contributed by atoms with Crippen LogP contribution in [0, 0.1) is 5.92 Å². The summed E-state index contributed by atoms with van der Waals surface area (Å²) in [5.41, 5.74) is 2.74. The lowest BCUT2D eigenvalue weighted by molar-refractivity contribution is -0.115. The summed E-state index contributed by atoms with van der Waals surface area (Å²) in [4.78, 5) is 14.3. The predicted molar refractivity (Wildman–Crippen MR) is 122 cm³/mol. The molecule has 2 aromatic rings. The molecule has 1 fully saturated rings. The third-order valence-electron chi connectivity index (χ3n) is 4.79. The number of thiocarbonyl (C=S) groups is 1. The fourth-order valence-corrected chi connectivity index (χ4v) is 3.66. The Labute approximate surface area is 176 Å². The molecule has 0 spiro atoms. The molecule has 0 aromatic heterocycles. The van der Waals surface area contributed by atoms with Gasteiger partial charge in [-0.15, -0.1) is 0 Å². The highest BCUT2D eigenvalue weighted by Crippen LogP contribution is 2.31. The van der Waals surface area contributed by atoms with Crippen LogP contribution in [0.1, 0.15) is 25.3 Å². The highest BCUT2D eigenvalue weighted by Gasteiger charge is 2.18. The van der Waals surface area contributed by atoms with E-state index in [1.165, 1.54) is 18.9 Å². The summed E-state index contributed by atoms with van der Waals surface area (Å²) < 4.78 is 0. The molecule has 0 aliphatic carbocycles. The van der Waals surface area contributed by atoms with Crippen molar-refractivity contribution in [1.82, 2.24) is 5.32 Å². The molecule has 1 heterocycles. The zero-order chi connectivity index (χ0) is 19.9. The molecule has 0 radical (unpaired) electrons. The molecule has 1 aliphatic rings. The van der Waals surface area contributed by atoms with Crippen LogP contribution in [0.3, 0.4) is 0 Å². The van der Waals surface area contributed by atoms with Gasteiger partial charge in [0.15, 0.2) is 5.11 Å². The van der Waals surface area contributed by atoms with Crippen molar-refractivity contribution in [3.05, 3.63) is 65.2 Å². The number of anilines is 2. The van der Waals surface area contributed by atoms with E-state index < -0.39 is 0 Å². The van der Waals surface area contributed by atoms with E-state index in [0.717, 1.165) is 35.9 Å². The normalized spacial score (nSPS) is 14.9. The van der Waals surface area contributed by atoms with E-state index in [2.05, 4.69) is 22.5 Å². The number of amides is 1. The summed E-state index contributed by atoms with van der Waals surface area (Å²) in [6, 6.07) is 15.4. The molecule has 1 amide bonds. The Morgan fingerprint density at radius 1 is 1.18 bits per heavy atom. The van der Waals surface area contributed by atoms with Gasteiger partial charge in [0.2, 0.25) is 5.91 Å². The molecule has 6 heteroatoms. The highest BCUT2D eigenvalue weighted by atomic mass is 35.5. The Hall–Kier alpha value is -2.37. The van der Waals surface area contributed by atoms with Crippen molar-refractivity contribution in [2.45, 2.75) is 19.8 Å². The van der Waals surface area contributed by atoms with E-state index >= 15 is 0 Å². The van der Waals surface area contributed by atoms with Crippen LogP contribution in [0.25, 0.3) is 6.08 Å². The number of carbonyl (C=O) groups is 1. The summed E-state index contributed by atoms with van der Waals surface area (Å²) in [5, 5.41) is 6.57.